The van der Waals surface area contributed by atoms with Crippen LogP contribution >= 0.6 is 0 Å². The average molecular weight is 537 g/mol. The van der Waals surface area contributed by atoms with Crippen LogP contribution in [-0.2, 0) is 27.3 Å². The van der Waals surface area contributed by atoms with Gasteiger partial charge in [0, 0.05) is 11.1 Å². The highest BCUT2D eigenvalue weighted by Crippen LogP contribution is 2.38. The summed E-state index contributed by atoms with van der Waals surface area (Å²) in [6.45, 7) is 4.05. The van der Waals surface area contributed by atoms with Crippen LogP contribution in [0, 0.1) is 12.3 Å². The number of benzene rings is 3. The van der Waals surface area contributed by atoms with Crippen LogP contribution in [0.3, 0.4) is 0 Å². The number of aromatic nitrogens is 2. The Hall–Kier alpha value is -5.05. The maximum absolute atomic E-state index is 13.3. The molecule has 1 N–H and O–H groups in total. The number of ether oxygens (including phenoxy) is 3. The molecule has 1 aliphatic heterocycles. The Kier molecular flexibility index (Phi) is 7.82. The van der Waals surface area contributed by atoms with E-state index >= 15 is 0 Å². The number of hydrogen-bond acceptors (Lipinski definition) is 8. The molecule has 0 atom stereocenters. The first-order chi connectivity index (χ1) is 19.4. The third-order valence-electron chi connectivity index (χ3n) is 6.37. The Bertz CT molecular complexity index is 1550. The molecule has 1 amide bonds. The van der Waals surface area contributed by atoms with E-state index < -0.39 is 6.16 Å². The standard InChI is InChI=1S/C31H28N4O5/c1-3-38-23-15-13-22(14-16-23)29-33-28(25(32)19-40-31(37)39-18-21-10-5-4-6-11-21)24-17-27(36)35(30(24)34-29)26-12-8-7-9-20(26)2/h4-16,32H,3,17-19H2,1-2H3. The Balaban J connectivity index is 1.45. The maximum atomic E-state index is 13.3. The molecule has 40 heavy (non-hydrogen) atoms. The van der Waals surface area contributed by atoms with Gasteiger partial charge in [-0.3, -0.25) is 15.1 Å². The maximum Gasteiger partial charge on any atom is 0.508 e. The predicted octanol–water partition coefficient (Wildman–Crippen LogP) is 5.79. The summed E-state index contributed by atoms with van der Waals surface area (Å²) in [5.74, 6) is 1.27. The van der Waals surface area contributed by atoms with Crippen molar-refractivity contribution in [1.29, 1.82) is 5.41 Å². The third-order valence-corrected chi connectivity index (χ3v) is 6.37. The van der Waals surface area contributed by atoms with Gasteiger partial charge in [-0.25, -0.2) is 14.8 Å². The van der Waals surface area contributed by atoms with Crippen LogP contribution in [0.1, 0.15) is 29.3 Å². The molecule has 0 fully saturated rings. The number of nitrogens with zero attached hydrogens (tertiary/aromatic N) is 3. The highest BCUT2D eigenvalue weighted by molar-refractivity contribution is 6.11. The fourth-order valence-corrected chi connectivity index (χ4v) is 4.43. The van der Waals surface area contributed by atoms with E-state index in [1.54, 1.807) is 4.90 Å². The summed E-state index contributed by atoms with van der Waals surface area (Å²) in [7, 11) is 0. The third kappa shape index (κ3) is 5.68. The van der Waals surface area contributed by atoms with Gasteiger partial charge in [0.25, 0.3) is 0 Å². The molecule has 0 aliphatic carbocycles. The first-order valence-corrected chi connectivity index (χ1v) is 12.9. The minimum absolute atomic E-state index is 0.0173. The molecule has 0 spiro atoms. The molecule has 1 aliphatic rings. The summed E-state index contributed by atoms with van der Waals surface area (Å²) in [4.78, 5) is 36.5. The zero-order chi connectivity index (χ0) is 28.1. The number of fused-ring (bicyclic) bond motifs is 1. The largest absolute Gasteiger partial charge is 0.508 e. The number of para-hydroxylation sites is 1. The van der Waals surface area contributed by atoms with Crippen molar-refractivity contribution in [2.24, 2.45) is 0 Å². The second kappa shape index (κ2) is 11.8. The zero-order valence-corrected chi connectivity index (χ0v) is 22.2. The van der Waals surface area contributed by atoms with Gasteiger partial charge in [-0.2, -0.15) is 0 Å². The van der Waals surface area contributed by atoms with Gasteiger partial charge in [0.1, 0.15) is 24.8 Å². The van der Waals surface area contributed by atoms with Crippen molar-refractivity contribution in [1.82, 2.24) is 9.97 Å². The number of carbonyl (C=O) groups is 2. The Morgan fingerprint density at radius 2 is 1.68 bits per heavy atom. The Labute approximate surface area is 231 Å². The fraction of sp³-hybridized carbons (Fsp3) is 0.194. The molecule has 202 valence electrons. The normalized spacial score (nSPS) is 12.2. The molecule has 0 saturated heterocycles. The topological polar surface area (TPSA) is 115 Å². The average Bonchev–Trinajstić information content (AvgIpc) is 3.31. The van der Waals surface area contributed by atoms with Crippen molar-refractivity contribution >= 4 is 29.3 Å². The molecule has 1 aromatic heterocycles. The van der Waals surface area contributed by atoms with E-state index in [4.69, 9.17) is 24.6 Å². The second-order valence-electron chi connectivity index (χ2n) is 9.14. The van der Waals surface area contributed by atoms with E-state index in [1.165, 1.54) is 0 Å². The van der Waals surface area contributed by atoms with Gasteiger partial charge in [-0.1, -0.05) is 48.5 Å². The van der Waals surface area contributed by atoms with Crippen LogP contribution in [0.2, 0.25) is 0 Å². The van der Waals surface area contributed by atoms with E-state index in [9.17, 15) is 9.59 Å². The molecule has 9 heteroatoms. The molecule has 2 heterocycles. The number of nitrogens with one attached hydrogen (secondary N) is 1. The highest BCUT2D eigenvalue weighted by Gasteiger charge is 2.35. The Morgan fingerprint density at radius 3 is 2.40 bits per heavy atom. The summed E-state index contributed by atoms with van der Waals surface area (Å²) >= 11 is 0. The van der Waals surface area contributed by atoms with Gasteiger partial charge in [0.15, 0.2) is 5.82 Å². The summed E-state index contributed by atoms with van der Waals surface area (Å²) in [5.41, 5.74) is 3.81. The van der Waals surface area contributed by atoms with Crippen molar-refractivity contribution in [2.75, 3.05) is 18.1 Å². The smallest absolute Gasteiger partial charge is 0.494 e. The molecular weight excluding hydrogens is 508 g/mol. The predicted molar refractivity (Wildman–Crippen MR) is 150 cm³/mol. The van der Waals surface area contributed by atoms with E-state index in [1.807, 2.05) is 92.7 Å². The quantitative estimate of drug-likeness (QED) is 0.213. The van der Waals surface area contributed by atoms with Crippen molar-refractivity contribution in [3.05, 3.63) is 101 Å². The van der Waals surface area contributed by atoms with Crippen LogP contribution < -0.4 is 9.64 Å². The van der Waals surface area contributed by atoms with Crippen LogP contribution in [0.5, 0.6) is 5.75 Å². The number of aryl methyl sites for hydroxylation is 1. The molecule has 0 unspecified atom stereocenters. The van der Waals surface area contributed by atoms with Gasteiger partial charge < -0.3 is 14.2 Å². The van der Waals surface area contributed by atoms with Gasteiger partial charge in [-0.05, 0) is 55.3 Å². The first kappa shape index (κ1) is 26.6. The molecule has 4 aromatic rings. The number of amides is 1. The molecule has 3 aromatic carbocycles. The van der Waals surface area contributed by atoms with Crippen LogP contribution in [0.15, 0.2) is 78.9 Å². The van der Waals surface area contributed by atoms with Gasteiger partial charge in [0.2, 0.25) is 5.91 Å². The molecule has 9 nitrogen and oxygen atoms in total. The fourth-order valence-electron chi connectivity index (χ4n) is 4.43. The number of anilines is 2. The summed E-state index contributed by atoms with van der Waals surface area (Å²) < 4.78 is 15.9. The Morgan fingerprint density at radius 1 is 0.950 bits per heavy atom. The summed E-state index contributed by atoms with van der Waals surface area (Å²) in [6, 6.07) is 24.1. The summed E-state index contributed by atoms with van der Waals surface area (Å²) in [5, 5.41) is 8.74. The number of hydrogen-bond donors (Lipinski definition) is 1. The monoisotopic (exact) mass is 536 g/mol. The van der Waals surface area contributed by atoms with Gasteiger partial charge in [-0.15, -0.1) is 0 Å². The molecule has 0 bridgehead atoms. The second-order valence-corrected chi connectivity index (χ2v) is 9.14. The SMILES string of the molecule is CCOc1ccc(-c2nc(C(=N)COC(=O)OCc3ccccc3)c3c(n2)N(c2ccccc2C)C(=O)C3)cc1. The van der Waals surface area contributed by atoms with Gasteiger partial charge >= 0.3 is 6.16 Å². The number of carbonyl (C=O) groups excluding carboxylic acids is 2. The minimum atomic E-state index is -0.899. The van der Waals surface area contributed by atoms with Gasteiger partial charge in [0.05, 0.1) is 30.1 Å². The lowest BCUT2D eigenvalue weighted by Gasteiger charge is -2.20. The first-order valence-electron chi connectivity index (χ1n) is 12.9. The number of rotatable bonds is 9. The van der Waals surface area contributed by atoms with Crippen molar-refractivity contribution in [3.8, 4) is 17.1 Å². The summed E-state index contributed by atoms with van der Waals surface area (Å²) in [6.07, 6.45) is -0.882. The van der Waals surface area contributed by atoms with Crippen LogP contribution in [0.4, 0.5) is 16.3 Å². The lowest BCUT2D eigenvalue weighted by Crippen LogP contribution is -2.22. The van der Waals surface area contributed by atoms with E-state index in [-0.39, 0.29) is 36.9 Å². The van der Waals surface area contributed by atoms with Crippen LogP contribution in [-0.4, -0.2) is 41.0 Å². The lowest BCUT2D eigenvalue weighted by atomic mass is 10.1. The minimum Gasteiger partial charge on any atom is -0.494 e. The molecule has 0 radical (unpaired) electrons. The lowest BCUT2D eigenvalue weighted by molar-refractivity contribution is -0.116. The van der Waals surface area contributed by atoms with Crippen molar-refractivity contribution < 1.29 is 23.8 Å². The zero-order valence-electron chi connectivity index (χ0n) is 22.2. The van der Waals surface area contributed by atoms with Crippen molar-refractivity contribution in [2.45, 2.75) is 26.9 Å². The van der Waals surface area contributed by atoms with Crippen molar-refractivity contribution in [3.63, 3.8) is 0 Å². The molecular formula is C31H28N4O5. The van der Waals surface area contributed by atoms with E-state index in [0.717, 1.165) is 11.1 Å². The van der Waals surface area contributed by atoms with E-state index in [2.05, 4.69) is 4.98 Å². The molecule has 0 saturated carbocycles. The highest BCUT2D eigenvalue weighted by atomic mass is 16.7. The van der Waals surface area contributed by atoms with E-state index in [0.29, 0.717) is 40.8 Å². The molecule has 5 rings (SSSR count). The van der Waals surface area contributed by atoms with Crippen LogP contribution in [0.25, 0.3) is 11.4 Å².